The van der Waals surface area contributed by atoms with Gasteiger partial charge in [0.1, 0.15) is 0 Å². The van der Waals surface area contributed by atoms with Crippen LogP contribution in [0, 0.1) is 5.92 Å². The number of anilines is 1. The van der Waals surface area contributed by atoms with Crippen LogP contribution in [0.2, 0.25) is 0 Å². The van der Waals surface area contributed by atoms with Gasteiger partial charge in [0.25, 0.3) is 0 Å². The minimum Gasteiger partial charge on any atom is -0.328 e. The molecule has 6 nitrogen and oxygen atoms in total. The first-order valence-electron chi connectivity index (χ1n) is 9.13. The molecule has 1 aromatic carbocycles. The molecule has 0 radical (unpaired) electrons. The summed E-state index contributed by atoms with van der Waals surface area (Å²) in [4.78, 5) is 12.7. The first-order chi connectivity index (χ1) is 12.0. The van der Waals surface area contributed by atoms with Gasteiger partial charge in [-0.25, -0.2) is 8.42 Å². The highest BCUT2D eigenvalue weighted by Gasteiger charge is 2.27. The van der Waals surface area contributed by atoms with Crippen molar-refractivity contribution in [3.05, 3.63) is 24.3 Å². The lowest BCUT2D eigenvalue weighted by Crippen LogP contribution is -2.35. The summed E-state index contributed by atoms with van der Waals surface area (Å²) in [6.45, 7) is 1.14. The summed E-state index contributed by atoms with van der Waals surface area (Å²) in [6.07, 6.45) is 6.33. The van der Waals surface area contributed by atoms with E-state index in [0.29, 0.717) is 25.2 Å². The van der Waals surface area contributed by atoms with E-state index in [1.54, 1.807) is 24.3 Å². The van der Waals surface area contributed by atoms with Gasteiger partial charge in [-0.15, -0.1) is 12.4 Å². The highest BCUT2D eigenvalue weighted by atomic mass is 35.5. The highest BCUT2D eigenvalue weighted by molar-refractivity contribution is 7.89. The number of amides is 1. The van der Waals surface area contributed by atoms with Crippen LogP contribution in [0.1, 0.15) is 44.9 Å². The van der Waals surface area contributed by atoms with Crippen molar-refractivity contribution >= 4 is 34.0 Å². The Bertz CT molecular complexity index is 720. The summed E-state index contributed by atoms with van der Waals surface area (Å²) in [5.41, 5.74) is 6.49. The Hall–Kier alpha value is -1.15. The lowest BCUT2D eigenvalue weighted by atomic mass is 9.85. The van der Waals surface area contributed by atoms with Crippen LogP contribution >= 0.6 is 12.4 Å². The van der Waals surface area contributed by atoms with Crippen LogP contribution in [0.4, 0.5) is 5.69 Å². The molecule has 3 N–H and O–H groups in total. The Labute approximate surface area is 162 Å². The van der Waals surface area contributed by atoms with Gasteiger partial charge in [-0.05, 0) is 50.3 Å². The summed E-state index contributed by atoms with van der Waals surface area (Å²) in [5, 5.41) is 2.87. The molecule has 2 aliphatic rings. The summed E-state index contributed by atoms with van der Waals surface area (Å²) in [6, 6.07) is 6.64. The molecule has 146 valence electrons. The molecule has 1 saturated heterocycles. The van der Waals surface area contributed by atoms with Gasteiger partial charge in [0.05, 0.1) is 4.90 Å². The van der Waals surface area contributed by atoms with E-state index in [2.05, 4.69) is 5.32 Å². The van der Waals surface area contributed by atoms with E-state index in [9.17, 15) is 13.2 Å². The number of nitrogens with two attached hydrogens (primary N) is 1. The molecule has 2 atom stereocenters. The number of carbonyl (C=O) groups is 1. The van der Waals surface area contributed by atoms with E-state index in [4.69, 9.17) is 5.73 Å². The molecule has 26 heavy (non-hydrogen) atoms. The quantitative estimate of drug-likeness (QED) is 0.811. The predicted octanol–water partition coefficient (Wildman–Crippen LogP) is 2.74. The smallest absolute Gasteiger partial charge is 0.243 e. The Morgan fingerprint density at radius 1 is 1.12 bits per heavy atom. The van der Waals surface area contributed by atoms with Gasteiger partial charge in [0.15, 0.2) is 0 Å². The third-order valence-corrected chi connectivity index (χ3v) is 7.03. The number of piperidine rings is 1. The molecule has 0 aromatic heterocycles. The maximum Gasteiger partial charge on any atom is 0.243 e. The maximum atomic E-state index is 12.8. The average molecular weight is 402 g/mol. The van der Waals surface area contributed by atoms with Crippen LogP contribution in [0.3, 0.4) is 0 Å². The molecule has 3 rings (SSSR count). The van der Waals surface area contributed by atoms with Gasteiger partial charge in [-0.3, -0.25) is 4.79 Å². The van der Waals surface area contributed by atoms with E-state index in [1.807, 2.05) is 0 Å². The van der Waals surface area contributed by atoms with Crippen molar-refractivity contribution in [1.29, 1.82) is 0 Å². The Balaban J connectivity index is 0.00000243. The van der Waals surface area contributed by atoms with Gasteiger partial charge in [0.2, 0.25) is 15.9 Å². The van der Waals surface area contributed by atoms with Gasteiger partial charge in [-0.2, -0.15) is 4.31 Å². The molecule has 1 saturated carbocycles. The Morgan fingerprint density at radius 3 is 2.54 bits per heavy atom. The summed E-state index contributed by atoms with van der Waals surface area (Å²) in [7, 11) is -3.49. The van der Waals surface area contributed by atoms with Gasteiger partial charge in [-0.1, -0.05) is 18.9 Å². The predicted molar refractivity (Wildman–Crippen MR) is 105 cm³/mol. The van der Waals surface area contributed by atoms with Crippen LogP contribution < -0.4 is 11.1 Å². The van der Waals surface area contributed by atoms with Crippen LogP contribution in [0.5, 0.6) is 0 Å². The number of nitrogens with zero attached hydrogens (tertiary/aromatic N) is 1. The lowest BCUT2D eigenvalue weighted by molar-refractivity contribution is -0.120. The second kappa shape index (κ2) is 9.17. The second-order valence-corrected chi connectivity index (χ2v) is 9.04. The van der Waals surface area contributed by atoms with Crippen molar-refractivity contribution in [3.63, 3.8) is 0 Å². The molecule has 2 fully saturated rings. The number of benzene rings is 1. The number of hydrogen-bond donors (Lipinski definition) is 2. The van der Waals surface area contributed by atoms with E-state index < -0.39 is 10.0 Å². The maximum absolute atomic E-state index is 12.8. The molecule has 2 unspecified atom stereocenters. The van der Waals surface area contributed by atoms with Crippen molar-refractivity contribution < 1.29 is 13.2 Å². The SMILES string of the molecule is Cl.NC1CCCC(C(=O)Nc2cccc(S(=O)(=O)N3CCCCC3)c2)C1. The number of rotatable bonds is 4. The molecule has 1 amide bonds. The van der Waals surface area contributed by atoms with Crippen LogP contribution in [-0.4, -0.2) is 37.8 Å². The number of hydrogen-bond acceptors (Lipinski definition) is 4. The number of nitrogens with one attached hydrogen (secondary N) is 1. The monoisotopic (exact) mass is 401 g/mol. The van der Waals surface area contributed by atoms with Crippen molar-refractivity contribution in [3.8, 4) is 0 Å². The van der Waals surface area contributed by atoms with Crippen molar-refractivity contribution in [2.75, 3.05) is 18.4 Å². The van der Waals surface area contributed by atoms with Gasteiger partial charge in [0, 0.05) is 30.7 Å². The van der Waals surface area contributed by atoms with Gasteiger partial charge >= 0.3 is 0 Å². The molecule has 8 heteroatoms. The minimum atomic E-state index is -3.49. The zero-order chi connectivity index (χ0) is 17.9. The number of carbonyl (C=O) groups excluding carboxylic acids is 1. The van der Waals surface area contributed by atoms with E-state index in [0.717, 1.165) is 38.5 Å². The second-order valence-electron chi connectivity index (χ2n) is 7.11. The fourth-order valence-corrected chi connectivity index (χ4v) is 5.26. The summed E-state index contributed by atoms with van der Waals surface area (Å²) in [5.74, 6) is -0.159. The largest absolute Gasteiger partial charge is 0.328 e. The molecular formula is C18H28ClN3O3S. The van der Waals surface area contributed by atoms with Crippen LogP contribution in [0.15, 0.2) is 29.2 Å². The molecule has 0 bridgehead atoms. The van der Waals surface area contributed by atoms with Crippen molar-refractivity contribution in [2.24, 2.45) is 11.7 Å². The third kappa shape index (κ3) is 4.97. The topological polar surface area (TPSA) is 92.5 Å². The molecule has 1 aliphatic carbocycles. The first-order valence-corrected chi connectivity index (χ1v) is 10.6. The van der Waals surface area contributed by atoms with Crippen molar-refractivity contribution in [1.82, 2.24) is 4.31 Å². The Morgan fingerprint density at radius 2 is 1.85 bits per heavy atom. The van der Waals surface area contributed by atoms with Crippen LogP contribution in [0.25, 0.3) is 0 Å². The fourth-order valence-electron chi connectivity index (χ4n) is 3.70. The van der Waals surface area contributed by atoms with Gasteiger partial charge < -0.3 is 11.1 Å². The summed E-state index contributed by atoms with van der Waals surface area (Å²) < 4.78 is 27.1. The third-order valence-electron chi connectivity index (χ3n) is 5.14. The first kappa shape index (κ1) is 21.2. The normalized spacial score (nSPS) is 24.5. The highest BCUT2D eigenvalue weighted by Crippen LogP contribution is 2.26. The van der Waals surface area contributed by atoms with E-state index in [1.165, 1.54) is 4.31 Å². The summed E-state index contributed by atoms with van der Waals surface area (Å²) >= 11 is 0. The molecule has 1 aromatic rings. The van der Waals surface area contributed by atoms with Crippen molar-refractivity contribution in [2.45, 2.75) is 55.9 Å². The fraction of sp³-hybridized carbons (Fsp3) is 0.611. The molecule has 1 aliphatic heterocycles. The van der Waals surface area contributed by atoms with E-state index >= 15 is 0 Å². The standard InChI is InChI=1S/C18H27N3O3S.ClH/c19-15-7-4-6-14(12-15)18(22)20-16-8-5-9-17(13-16)25(23,24)21-10-2-1-3-11-21;/h5,8-9,13-15H,1-4,6-7,10-12,19H2,(H,20,22);1H. The zero-order valence-electron chi connectivity index (χ0n) is 14.9. The molecular weight excluding hydrogens is 374 g/mol. The van der Waals surface area contributed by atoms with E-state index in [-0.39, 0.29) is 35.2 Å². The van der Waals surface area contributed by atoms with Crippen LogP contribution in [-0.2, 0) is 14.8 Å². The number of halogens is 1. The molecule has 1 heterocycles. The molecule has 0 spiro atoms. The Kier molecular flexibility index (Phi) is 7.46. The zero-order valence-corrected chi connectivity index (χ0v) is 16.5. The average Bonchev–Trinajstić information content (AvgIpc) is 2.62. The lowest BCUT2D eigenvalue weighted by Gasteiger charge is -2.26. The number of sulfonamides is 1. The minimum absolute atomic E-state index is 0.